The van der Waals surface area contributed by atoms with E-state index in [1.165, 1.54) is 12.1 Å². The first-order valence-electron chi connectivity index (χ1n) is 3.44. The quantitative estimate of drug-likeness (QED) is 0.541. The average molecular weight is 185 g/mol. The summed E-state index contributed by atoms with van der Waals surface area (Å²) in [6, 6.07) is 4.60. The standard InChI is InChI=1S/C8H9FNOP/c9-7-1-6(4-10-5-11)2-8(12)3-7/h1-3,5H,4,12H2,(H,10,11). The molecule has 1 N–H and O–H groups in total. The Kier molecular flexibility index (Phi) is 3.18. The van der Waals surface area contributed by atoms with E-state index in [-0.39, 0.29) is 5.82 Å². The van der Waals surface area contributed by atoms with Crippen LogP contribution in [0.2, 0.25) is 0 Å². The maximum Gasteiger partial charge on any atom is 0.207 e. The number of hydrogen-bond acceptors (Lipinski definition) is 1. The highest BCUT2D eigenvalue weighted by molar-refractivity contribution is 7.27. The number of halogens is 1. The second-order valence-electron chi connectivity index (χ2n) is 2.39. The average Bonchev–Trinajstić information content (AvgIpc) is 1.99. The van der Waals surface area contributed by atoms with Gasteiger partial charge in [0.05, 0.1) is 0 Å². The molecule has 0 aliphatic rings. The normalized spacial score (nSPS) is 9.50. The molecule has 1 aromatic rings. The third kappa shape index (κ3) is 2.59. The van der Waals surface area contributed by atoms with Crippen molar-refractivity contribution in [2.45, 2.75) is 6.54 Å². The van der Waals surface area contributed by atoms with Gasteiger partial charge < -0.3 is 5.32 Å². The first-order valence-corrected chi connectivity index (χ1v) is 4.02. The molecule has 0 spiro atoms. The smallest absolute Gasteiger partial charge is 0.207 e. The summed E-state index contributed by atoms with van der Waals surface area (Å²) >= 11 is 0. The Labute approximate surface area is 72.4 Å². The molecule has 0 bridgehead atoms. The molecule has 1 amide bonds. The lowest BCUT2D eigenvalue weighted by atomic mass is 10.2. The van der Waals surface area contributed by atoms with Gasteiger partial charge in [-0.25, -0.2) is 4.39 Å². The van der Waals surface area contributed by atoms with E-state index in [1.807, 2.05) is 0 Å². The van der Waals surface area contributed by atoms with Crippen molar-refractivity contribution in [3.05, 3.63) is 29.6 Å². The highest BCUT2D eigenvalue weighted by atomic mass is 31.0. The van der Waals surface area contributed by atoms with Crippen molar-refractivity contribution in [1.82, 2.24) is 5.32 Å². The van der Waals surface area contributed by atoms with E-state index in [9.17, 15) is 9.18 Å². The Morgan fingerprint density at radius 2 is 2.25 bits per heavy atom. The molecule has 4 heteroatoms. The van der Waals surface area contributed by atoms with Gasteiger partial charge in [-0.1, -0.05) is 0 Å². The molecule has 1 unspecified atom stereocenters. The number of carbonyl (C=O) groups is 1. The van der Waals surface area contributed by atoms with Crippen LogP contribution < -0.4 is 10.6 Å². The van der Waals surface area contributed by atoms with E-state index in [1.54, 1.807) is 6.07 Å². The summed E-state index contributed by atoms with van der Waals surface area (Å²) in [5, 5.41) is 3.24. The van der Waals surface area contributed by atoms with Crippen LogP contribution in [-0.2, 0) is 11.3 Å². The second-order valence-corrected chi connectivity index (χ2v) is 3.06. The van der Waals surface area contributed by atoms with Gasteiger partial charge in [0.25, 0.3) is 0 Å². The fraction of sp³-hybridized carbons (Fsp3) is 0.125. The minimum atomic E-state index is -0.287. The van der Waals surface area contributed by atoms with Gasteiger partial charge in [-0.05, 0) is 29.1 Å². The predicted molar refractivity (Wildman–Crippen MR) is 48.6 cm³/mol. The summed E-state index contributed by atoms with van der Waals surface area (Å²) in [7, 11) is 2.41. The molecular formula is C8H9FNOP. The highest BCUT2D eigenvalue weighted by Crippen LogP contribution is 2.03. The molecule has 1 rings (SSSR count). The van der Waals surface area contributed by atoms with Gasteiger partial charge >= 0.3 is 0 Å². The molecule has 2 nitrogen and oxygen atoms in total. The Balaban J connectivity index is 2.78. The lowest BCUT2D eigenvalue weighted by molar-refractivity contribution is -0.109. The third-order valence-corrected chi connectivity index (χ3v) is 1.70. The van der Waals surface area contributed by atoms with Crippen LogP contribution in [0, 0.1) is 5.82 Å². The van der Waals surface area contributed by atoms with E-state index in [0.29, 0.717) is 13.0 Å². The first kappa shape index (κ1) is 9.14. The lowest BCUT2D eigenvalue weighted by Gasteiger charge is -2.01. The van der Waals surface area contributed by atoms with E-state index < -0.39 is 0 Å². The van der Waals surface area contributed by atoms with Gasteiger partial charge in [0.15, 0.2) is 0 Å². The number of nitrogens with one attached hydrogen (secondary N) is 1. The molecule has 0 saturated heterocycles. The number of carbonyl (C=O) groups excluding carboxylic acids is 1. The zero-order chi connectivity index (χ0) is 8.97. The summed E-state index contributed by atoms with van der Waals surface area (Å²) in [5.74, 6) is -0.287. The minimum absolute atomic E-state index is 0.287. The van der Waals surface area contributed by atoms with Crippen LogP contribution in [0.5, 0.6) is 0 Å². The van der Waals surface area contributed by atoms with Crippen LogP contribution in [0.15, 0.2) is 18.2 Å². The van der Waals surface area contributed by atoms with Crippen LogP contribution in [0.1, 0.15) is 5.56 Å². The molecule has 64 valence electrons. The van der Waals surface area contributed by atoms with Crippen LogP contribution >= 0.6 is 9.24 Å². The molecule has 12 heavy (non-hydrogen) atoms. The molecule has 0 radical (unpaired) electrons. The molecule has 0 heterocycles. The van der Waals surface area contributed by atoms with E-state index in [2.05, 4.69) is 14.6 Å². The molecule has 0 saturated carbocycles. The van der Waals surface area contributed by atoms with Crippen molar-refractivity contribution in [2.24, 2.45) is 0 Å². The maximum atomic E-state index is 12.7. The van der Waals surface area contributed by atoms with Crippen molar-refractivity contribution in [3.8, 4) is 0 Å². The Morgan fingerprint density at radius 3 is 2.83 bits per heavy atom. The molecule has 0 aliphatic carbocycles. The van der Waals surface area contributed by atoms with E-state index >= 15 is 0 Å². The van der Waals surface area contributed by atoms with Crippen LogP contribution in [0.3, 0.4) is 0 Å². The summed E-state index contributed by atoms with van der Waals surface area (Å²) in [6.45, 7) is 0.364. The van der Waals surface area contributed by atoms with Crippen molar-refractivity contribution in [3.63, 3.8) is 0 Å². The Hall–Kier alpha value is -0.950. The monoisotopic (exact) mass is 185 g/mol. The molecule has 1 atom stereocenters. The van der Waals surface area contributed by atoms with Crippen molar-refractivity contribution in [2.75, 3.05) is 0 Å². The first-order chi connectivity index (χ1) is 5.72. The van der Waals surface area contributed by atoms with Gasteiger partial charge in [-0.15, -0.1) is 9.24 Å². The second kappa shape index (κ2) is 4.17. The Morgan fingerprint density at radius 1 is 1.50 bits per heavy atom. The van der Waals surface area contributed by atoms with Gasteiger partial charge in [0, 0.05) is 6.54 Å². The van der Waals surface area contributed by atoms with Crippen molar-refractivity contribution in [1.29, 1.82) is 0 Å². The SMILES string of the molecule is O=CNCc1cc(F)cc(P)c1. The number of benzene rings is 1. The van der Waals surface area contributed by atoms with Crippen molar-refractivity contribution < 1.29 is 9.18 Å². The third-order valence-electron chi connectivity index (χ3n) is 1.37. The van der Waals surface area contributed by atoms with E-state index in [0.717, 1.165) is 10.9 Å². The molecular weight excluding hydrogens is 176 g/mol. The highest BCUT2D eigenvalue weighted by Gasteiger charge is 1.96. The summed E-state index contributed by atoms with van der Waals surface area (Å²) < 4.78 is 12.7. The number of hydrogen-bond donors (Lipinski definition) is 1. The predicted octanol–water partition coefficient (Wildman–Crippen LogP) is 0.572. The summed E-state index contributed by atoms with van der Waals surface area (Å²) in [6.07, 6.45) is 0.591. The topological polar surface area (TPSA) is 29.1 Å². The maximum absolute atomic E-state index is 12.7. The fourth-order valence-electron chi connectivity index (χ4n) is 0.937. The zero-order valence-electron chi connectivity index (χ0n) is 6.38. The van der Waals surface area contributed by atoms with Gasteiger partial charge in [0.1, 0.15) is 5.82 Å². The van der Waals surface area contributed by atoms with Crippen LogP contribution in [0.4, 0.5) is 4.39 Å². The van der Waals surface area contributed by atoms with Crippen molar-refractivity contribution >= 4 is 21.0 Å². The molecule has 0 aromatic heterocycles. The molecule has 1 aromatic carbocycles. The lowest BCUT2D eigenvalue weighted by Crippen LogP contribution is -2.11. The van der Waals surface area contributed by atoms with Gasteiger partial charge in [-0.3, -0.25) is 4.79 Å². The number of rotatable bonds is 3. The number of amides is 1. The van der Waals surface area contributed by atoms with Crippen LogP contribution in [-0.4, -0.2) is 6.41 Å². The zero-order valence-corrected chi connectivity index (χ0v) is 7.53. The largest absolute Gasteiger partial charge is 0.355 e. The molecule has 0 fully saturated rings. The molecule has 0 aliphatic heterocycles. The fourth-order valence-corrected chi connectivity index (χ4v) is 1.31. The Bertz CT molecular complexity index is 270. The minimum Gasteiger partial charge on any atom is -0.355 e. The summed E-state index contributed by atoms with van der Waals surface area (Å²) in [4.78, 5) is 9.94. The van der Waals surface area contributed by atoms with Crippen LogP contribution in [0.25, 0.3) is 0 Å². The summed E-state index contributed by atoms with van der Waals surface area (Å²) in [5.41, 5.74) is 0.757. The van der Waals surface area contributed by atoms with Gasteiger partial charge in [0.2, 0.25) is 6.41 Å². The van der Waals surface area contributed by atoms with Gasteiger partial charge in [-0.2, -0.15) is 0 Å². The van der Waals surface area contributed by atoms with E-state index in [4.69, 9.17) is 0 Å².